The molecule has 2 rings (SSSR count). The van der Waals surface area contributed by atoms with E-state index in [1.807, 2.05) is 0 Å². The molecule has 0 atom stereocenters. The fourth-order valence-electron chi connectivity index (χ4n) is 2.21. The maximum Gasteiger partial charge on any atom is 0.126 e. The first-order valence-electron chi connectivity index (χ1n) is 5.89. The van der Waals surface area contributed by atoms with Crippen LogP contribution >= 0.6 is 0 Å². The SMILES string of the molecule is F/C(=C/C1CCCCC1)c1ccc(F)cc1. The van der Waals surface area contributed by atoms with Gasteiger partial charge in [-0.3, -0.25) is 0 Å². The van der Waals surface area contributed by atoms with E-state index in [9.17, 15) is 8.78 Å². The molecular weight excluding hydrogens is 206 g/mol. The summed E-state index contributed by atoms with van der Waals surface area (Å²) >= 11 is 0. The highest BCUT2D eigenvalue weighted by Crippen LogP contribution is 2.28. The largest absolute Gasteiger partial charge is 0.207 e. The number of hydrogen-bond acceptors (Lipinski definition) is 0. The predicted molar refractivity (Wildman–Crippen MR) is 62.1 cm³/mol. The lowest BCUT2D eigenvalue weighted by molar-refractivity contribution is 0.417. The van der Waals surface area contributed by atoms with Crippen molar-refractivity contribution in [3.63, 3.8) is 0 Å². The van der Waals surface area contributed by atoms with E-state index in [4.69, 9.17) is 0 Å². The Morgan fingerprint density at radius 2 is 1.69 bits per heavy atom. The second-order valence-corrected chi connectivity index (χ2v) is 4.42. The van der Waals surface area contributed by atoms with Gasteiger partial charge in [0.05, 0.1) is 0 Å². The van der Waals surface area contributed by atoms with Gasteiger partial charge in [-0.05, 0) is 49.1 Å². The van der Waals surface area contributed by atoms with Crippen LogP contribution in [0.4, 0.5) is 8.78 Å². The molecule has 2 heteroatoms. The highest BCUT2D eigenvalue weighted by Gasteiger charge is 2.12. The van der Waals surface area contributed by atoms with Crippen molar-refractivity contribution in [2.45, 2.75) is 32.1 Å². The topological polar surface area (TPSA) is 0 Å². The minimum absolute atomic E-state index is 0.216. The summed E-state index contributed by atoms with van der Waals surface area (Å²) < 4.78 is 26.5. The van der Waals surface area contributed by atoms with Gasteiger partial charge >= 0.3 is 0 Å². The Kier molecular flexibility index (Phi) is 3.70. The van der Waals surface area contributed by atoms with E-state index >= 15 is 0 Å². The van der Waals surface area contributed by atoms with Gasteiger partial charge in [0.25, 0.3) is 0 Å². The molecule has 0 spiro atoms. The Labute approximate surface area is 95.0 Å². The third-order valence-corrected chi connectivity index (χ3v) is 3.15. The minimum atomic E-state index is -0.325. The van der Waals surface area contributed by atoms with Crippen LogP contribution in [-0.4, -0.2) is 0 Å². The first-order valence-corrected chi connectivity index (χ1v) is 5.89. The number of rotatable bonds is 2. The van der Waals surface area contributed by atoms with Crippen molar-refractivity contribution in [1.29, 1.82) is 0 Å². The summed E-state index contributed by atoms with van der Waals surface area (Å²) in [5, 5.41) is 0. The third-order valence-electron chi connectivity index (χ3n) is 3.15. The molecule has 0 aromatic heterocycles. The summed E-state index contributed by atoms with van der Waals surface area (Å²) in [6.45, 7) is 0. The predicted octanol–water partition coefficient (Wildman–Crippen LogP) is 4.72. The summed E-state index contributed by atoms with van der Waals surface area (Å²) in [6.07, 6.45) is 7.51. The molecule has 0 saturated heterocycles. The molecule has 0 N–H and O–H groups in total. The van der Waals surface area contributed by atoms with Gasteiger partial charge in [0.1, 0.15) is 11.6 Å². The van der Waals surface area contributed by atoms with E-state index in [0.717, 1.165) is 12.8 Å². The van der Waals surface area contributed by atoms with Crippen molar-refractivity contribution in [3.8, 4) is 0 Å². The van der Waals surface area contributed by atoms with E-state index in [2.05, 4.69) is 0 Å². The molecule has 86 valence electrons. The standard InChI is InChI=1S/C14H16F2/c15-13-8-6-12(7-9-13)14(16)10-11-4-2-1-3-5-11/h6-11H,1-5H2/b14-10+. The summed E-state index contributed by atoms with van der Waals surface area (Å²) in [5.41, 5.74) is 0.479. The Morgan fingerprint density at radius 1 is 1.06 bits per heavy atom. The monoisotopic (exact) mass is 222 g/mol. The molecule has 1 aliphatic rings. The molecule has 1 aromatic rings. The second kappa shape index (κ2) is 5.24. The van der Waals surface area contributed by atoms with Crippen LogP contribution in [0.5, 0.6) is 0 Å². The van der Waals surface area contributed by atoms with Gasteiger partial charge in [0.2, 0.25) is 0 Å². The number of hydrogen-bond donors (Lipinski definition) is 0. The lowest BCUT2D eigenvalue weighted by atomic mass is 9.88. The van der Waals surface area contributed by atoms with Crippen molar-refractivity contribution in [1.82, 2.24) is 0 Å². The number of benzene rings is 1. The highest BCUT2D eigenvalue weighted by atomic mass is 19.1. The summed E-state index contributed by atoms with van der Waals surface area (Å²) in [5.74, 6) is -0.181. The first kappa shape index (κ1) is 11.3. The Balaban J connectivity index is 2.07. The van der Waals surface area contributed by atoms with Crippen LogP contribution in [0.1, 0.15) is 37.7 Å². The lowest BCUT2D eigenvalue weighted by Gasteiger charge is -2.18. The lowest BCUT2D eigenvalue weighted by Crippen LogP contribution is -2.03. The summed E-state index contributed by atoms with van der Waals surface area (Å²) in [7, 11) is 0. The van der Waals surface area contributed by atoms with Crippen LogP contribution in [0.25, 0.3) is 5.83 Å². The zero-order valence-corrected chi connectivity index (χ0v) is 9.26. The zero-order valence-electron chi connectivity index (χ0n) is 9.26. The van der Waals surface area contributed by atoms with Crippen LogP contribution in [0.15, 0.2) is 30.3 Å². The maximum atomic E-state index is 13.8. The Hall–Kier alpha value is -1.18. The molecule has 1 fully saturated rings. The van der Waals surface area contributed by atoms with Gasteiger partial charge in [-0.15, -0.1) is 0 Å². The van der Waals surface area contributed by atoms with Crippen LogP contribution in [-0.2, 0) is 0 Å². The average Bonchev–Trinajstić information content (AvgIpc) is 2.31. The fourth-order valence-corrected chi connectivity index (χ4v) is 2.21. The summed E-state index contributed by atoms with van der Waals surface area (Å²) in [6, 6.07) is 5.57. The normalized spacial score (nSPS) is 18.8. The molecule has 1 aromatic carbocycles. The van der Waals surface area contributed by atoms with Gasteiger partial charge in [-0.1, -0.05) is 19.3 Å². The molecule has 16 heavy (non-hydrogen) atoms. The molecule has 1 saturated carbocycles. The minimum Gasteiger partial charge on any atom is -0.207 e. The third kappa shape index (κ3) is 2.91. The molecule has 0 radical (unpaired) electrons. The van der Waals surface area contributed by atoms with Gasteiger partial charge in [0, 0.05) is 5.56 Å². The van der Waals surface area contributed by atoms with Crippen molar-refractivity contribution < 1.29 is 8.78 Å². The quantitative estimate of drug-likeness (QED) is 0.679. The number of allylic oxidation sites excluding steroid dienone is 1. The van der Waals surface area contributed by atoms with Gasteiger partial charge in [0.15, 0.2) is 0 Å². The van der Waals surface area contributed by atoms with Crippen LogP contribution in [0.2, 0.25) is 0 Å². The van der Waals surface area contributed by atoms with Crippen molar-refractivity contribution in [2.75, 3.05) is 0 Å². The molecule has 0 nitrogen and oxygen atoms in total. The van der Waals surface area contributed by atoms with Crippen LogP contribution in [0, 0.1) is 11.7 Å². The van der Waals surface area contributed by atoms with Crippen LogP contribution < -0.4 is 0 Å². The molecule has 0 amide bonds. The Morgan fingerprint density at radius 3 is 2.31 bits per heavy atom. The van der Waals surface area contributed by atoms with Gasteiger partial charge < -0.3 is 0 Å². The van der Waals surface area contributed by atoms with Gasteiger partial charge in [-0.2, -0.15) is 0 Å². The fraction of sp³-hybridized carbons (Fsp3) is 0.429. The molecule has 0 bridgehead atoms. The van der Waals surface area contributed by atoms with Crippen LogP contribution in [0.3, 0.4) is 0 Å². The van der Waals surface area contributed by atoms with Crippen molar-refractivity contribution >= 4 is 5.83 Å². The van der Waals surface area contributed by atoms with E-state index in [1.54, 1.807) is 6.08 Å². The molecule has 0 heterocycles. The molecule has 0 aliphatic heterocycles. The van der Waals surface area contributed by atoms with Gasteiger partial charge in [-0.25, -0.2) is 8.78 Å². The number of halogens is 2. The molecule has 1 aliphatic carbocycles. The van der Waals surface area contributed by atoms with E-state index in [1.165, 1.54) is 43.5 Å². The Bertz CT molecular complexity index is 359. The van der Waals surface area contributed by atoms with Crippen molar-refractivity contribution in [3.05, 3.63) is 41.7 Å². The molecule has 0 unspecified atom stereocenters. The molecular formula is C14H16F2. The smallest absolute Gasteiger partial charge is 0.126 e. The highest BCUT2D eigenvalue weighted by molar-refractivity contribution is 5.58. The summed E-state index contributed by atoms with van der Waals surface area (Å²) in [4.78, 5) is 0. The average molecular weight is 222 g/mol. The van der Waals surface area contributed by atoms with Crippen molar-refractivity contribution in [2.24, 2.45) is 5.92 Å². The maximum absolute atomic E-state index is 13.8. The first-order chi connectivity index (χ1) is 7.75. The van der Waals surface area contributed by atoms with E-state index in [-0.39, 0.29) is 11.6 Å². The second-order valence-electron chi connectivity index (χ2n) is 4.42. The van der Waals surface area contributed by atoms with E-state index in [0.29, 0.717) is 11.5 Å². The zero-order chi connectivity index (χ0) is 11.4. The van der Waals surface area contributed by atoms with E-state index < -0.39 is 0 Å².